The predicted molar refractivity (Wildman–Crippen MR) is 62.9 cm³/mol. The standard InChI is InChI=1S/C11H9ClF3N3/c12-6-2-1-3-7-9(6)10(17-16-7)18-5-4-8(18)11(13,14)15/h1-3,8H,4-5H2,(H,16,17). The first-order valence-corrected chi connectivity index (χ1v) is 5.82. The van der Waals surface area contributed by atoms with Crippen LogP contribution in [0.4, 0.5) is 19.0 Å². The Kier molecular flexibility index (Phi) is 2.45. The quantitative estimate of drug-likeness (QED) is 0.865. The predicted octanol–water partition coefficient (Wildman–Crippen LogP) is 3.36. The highest BCUT2D eigenvalue weighted by atomic mass is 35.5. The molecule has 2 heterocycles. The van der Waals surface area contributed by atoms with Gasteiger partial charge in [-0.15, -0.1) is 0 Å². The highest BCUT2D eigenvalue weighted by Gasteiger charge is 2.49. The first-order valence-electron chi connectivity index (χ1n) is 5.44. The number of aromatic amines is 1. The van der Waals surface area contributed by atoms with Crippen molar-refractivity contribution in [2.75, 3.05) is 11.4 Å². The number of fused-ring (bicyclic) bond motifs is 1. The van der Waals surface area contributed by atoms with E-state index in [9.17, 15) is 13.2 Å². The average Bonchev–Trinajstić information content (AvgIpc) is 2.59. The van der Waals surface area contributed by atoms with Gasteiger partial charge in [0.05, 0.1) is 15.9 Å². The van der Waals surface area contributed by atoms with Crippen LogP contribution in [0.2, 0.25) is 5.02 Å². The van der Waals surface area contributed by atoms with E-state index in [-0.39, 0.29) is 12.2 Å². The van der Waals surface area contributed by atoms with Crippen molar-refractivity contribution < 1.29 is 13.2 Å². The Labute approximate surface area is 106 Å². The summed E-state index contributed by atoms with van der Waals surface area (Å²) in [5.74, 6) is 0.282. The normalized spacial score (nSPS) is 20.2. The Hall–Kier alpha value is -1.43. The molecule has 1 fully saturated rings. The molecule has 0 spiro atoms. The SMILES string of the molecule is FC(F)(F)C1CCN1c1n[nH]c2cccc(Cl)c12. The number of alkyl halides is 3. The van der Waals surface area contributed by atoms with E-state index in [1.807, 2.05) is 0 Å². The number of hydrogen-bond donors (Lipinski definition) is 1. The zero-order chi connectivity index (χ0) is 12.9. The summed E-state index contributed by atoms with van der Waals surface area (Å²) in [4.78, 5) is 1.24. The summed E-state index contributed by atoms with van der Waals surface area (Å²) in [6.07, 6.45) is -4.13. The van der Waals surface area contributed by atoms with Crippen molar-refractivity contribution in [3.05, 3.63) is 23.2 Å². The third-order valence-corrected chi connectivity index (χ3v) is 3.50. The molecule has 96 valence electrons. The van der Waals surface area contributed by atoms with Crippen molar-refractivity contribution in [3.63, 3.8) is 0 Å². The molecule has 0 amide bonds. The van der Waals surface area contributed by atoms with Crippen LogP contribution in [-0.2, 0) is 0 Å². The van der Waals surface area contributed by atoms with Crippen LogP contribution in [0.25, 0.3) is 10.9 Å². The van der Waals surface area contributed by atoms with Gasteiger partial charge in [0, 0.05) is 6.54 Å². The van der Waals surface area contributed by atoms with Crippen molar-refractivity contribution >= 4 is 28.3 Å². The third kappa shape index (κ3) is 1.63. The van der Waals surface area contributed by atoms with Gasteiger partial charge in [0.25, 0.3) is 0 Å². The van der Waals surface area contributed by atoms with E-state index < -0.39 is 12.2 Å². The zero-order valence-electron chi connectivity index (χ0n) is 9.13. The largest absolute Gasteiger partial charge is 0.408 e. The minimum Gasteiger partial charge on any atom is -0.342 e. The van der Waals surface area contributed by atoms with E-state index in [0.29, 0.717) is 22.5 Å². The minimum atomic E-state index is -4.23. The number of halogens is 4. The number of aromatic nitrogens is 2. The highest BCUT2D eigenvalue weighted by molar-refractivity contribution is 6.36. The summed E-state index contributed by atoms with van der Waals surface area (Å²) < 4.78 is 38.2. The van der Waals surface area contributed by atoms with Gasteiger partial charge >= 0.3 is 6.18 Å². The molecule has 1 aliphatic heterocycles. The molecule has 0 saturated carbocycles. The molecule has 1 saturated heterocycles. The average molecular weight is 276 g/mol. The first kappa shape index (κ1) is 11.6. The Morgan fingerprint density at radius 2 is 2.17 bits per heavy atom. The number of H-pyrrole nitrogens is 1. The lowest BCUT2D eigenvalue weighted by Crippen LogP contribution is -2.56. The number of nitrogens with zero attached hydrogens (tertiary/aromatic N) is 2. The van der Waals surface area contributed by atoms with Crippen LogP contribution in [0.3, 0.4) is 0 Å². The fourth-order valence-corrected chi connectivity index (χ4v) is 2.46. The number of anilines is 1. The molecule has 3 nitrogen and oxygen atoms in total. The van der Waals surface area contributed by atoms with Crippen molar-refractivity contribution in [1.82, 2.24) is 10.2 Å². The van der Waals surface area contributed by atoms with Crippen molar-refractivity contribution in [1.29, 1.82) is 0 Å². The van der Waals surface area contributed by atoms with Gasteiger partial charge in [0.2, 0.25) is 0 Å². The number of hydrogen-bond acceptors (Lipinski definition) is 2. The van der Waals surface area contributed by atoms with Gasteiger partial charge in [-0.3, -0.25) is 5.10 Å². The van der Waals surface area contributed by atoms with E-state index in [0.717, 1.165) is 0 Å². The van der Waals surface area contributed by atoms with E-state index in [1.165, 1.54) is 4.90 Å². The van der Waals surface area contributed by atoms with Crippen LogP contribution in [0, 0.1) is 0 Å². The molecule has 0 radical (unpaired) electrons. The summed E-state index contributed by atoms with van der Waals surface area (Å²) in [5.41, 5.74) is 0.644. The lowest BCUT2D eigenvalue weighted by Gasteiger charge is -2.42. The fraction of sp³-hybridized carbons (Fsp3) is 0.364. The molecule has 3 rings (SSSR count). The van der Waals surface area contributed by atoms with Crippen LogP contribution in [-0.4, -0.2) is 29.0 Å². The summed E-state index contributed by atoms with van der Waals surface area (Å²) >= 11 is 6.02. The Balaban J connectivity index is 2.06. The maximum absolute atomic E-state index is 12.7. The van der Waals surface area contributed by atoms with E-state index in [2.05, 4.69) is 10.2 Å². The monoisotopic (exact) mass is 275 g/mol. The third-order valence-electron chi connectivity index (χ3n) is 3.19. The number of nitrogens with one attached hydrogen (secondary N) is 1. The first-order chi connectivity index (χ1) is 8.48. The second-order valence-electron chi connectivity index (χ2n) is 4.25. The highest BCUT2D eigenvalue weighted by Crippen LogP contribution is 2.40. The molecule has 18 heavy (non-hydrogen) atoms. The molecule has 1 aromatic heterocycles. The molecule has 1 N–H and O–H groups in total. The maximum Gasteiger partial charge on any atom is 0.408 e. The van der Waals surface area contributed by atoms with Crippen molar-refractivity contribution in [2.45, 2.75) is 18.6 Å². The van der Waals surface area contributed by atoms with Gasteiger partial charge in [-0.25, -0.2) is 0 Å². The lowest BCUT2D eigenvalue weighted by atomic mass is 10.0. The lowest BCUT2D eigenvalue weighted by molar-refractivity contribution is -0.159. The molecule has 7 heteroatoms. The van der Waals surface area contributed by atoms with Crippen molar-refractivity contribution in [2.24, 2.45) is 0 Å². The molecule has 0 bridgehead atoms. The van der Waals surface area contributed by atoms with Crippen LogP contribution < -0.4 is 4.90 Å². The number of rotatable bonds is 1. The second kappa shape index (κ2) is 3.78. The van der Waals surface area contributed by atoms with Gasteiger partial charge in [-0.2, -0.15) is 18.3 Å². The zero-order valence-corrected chi connectivity index (χ0v) is 9.89. The summed E-state index contributed by atoms with van der Waals surface area (Å²) in [5, 5.41) is 7.62. The molecule has 0 aliphatic carbocycles. The van der Waals surface area contributed by atoms with Gasteiger partial charge < -0.3 is 4.90 Å². The molecule has 1 unspecified atom stereocenters. The van der Waals surface area contributed by atoms with Crippen molar-refractivity contribution in [3.8, 4) is 0 Å². The van der Waals surface area contributed by atoms with Crippen LogP contribution in [0.5, 0.6) is 0 Å². The minimum absolute atomic E-state index is 0.0995. The smallest absolute Gasteiger partial charge is 0.342 e. The maximum atomic E-state index is 12.7. The Bertz CT molecular complexity index is 593. The van der Waals surface area contributed by atoms with Crippen LogP contribution in [0.1, 0.15) is 6.42 Å². The van der Waals surface area contributed by atoms with Gasteiger partial charge in [0.1, 0.15) is 6.04 Å². The Morgan fingerprint density at radius 1 is 1.39 bits per heavy atom. The van der Waals surface area contributed by atoms with Gasteiger partial charge in [-0.1, -0.05) is 17.7 Å². The van der Waals surface area contributed by atoms with E-state index in [4.69, 9.17) is 11.6 Å². The van der Waals surface area contributed by atoms with E-state index >= 15 is 0 Å². The molecular weight excluding hydrogens is 267 g/mol. The summed E-state index contributed by atoms with van der Waals surface area (Å²) in [7, 11) is 0. The molecule has 1 aromatic carbocycles. The summed E-state index contributed by atoms with van der Waals surface area (Å²) in [6, 6.07) is 3.65. The van der Waals surface area contributed by atoms with Gasteiger partial charge in [-0.05, 0) is 18.6 Å². The molecule has 1 aliphatic rings. The topological polar surface area (TPSA) is 31.9 Å². The molecular formula is C11H9ClF3N3. The summed E-state index contributed by atoms with van der Waals surface area (Å²) in [6.45, 7) is 0.343. The molecule has 1 atom stereocenters. The van der Waals surface area contributed by atoms with Crippen LogP contribution in [0.15, 0.2) is 18.2 Å². The molecule has 2 aromatic rings. The van der Waals surface area contributed by atoms with Crippen LogP contribution >= 0.6 is 11.6 Å². The van der Waals surface area contributed by atoms with E-state index in [1.54, 1.807) is 18.2 Å². The number of benzene rings is 1. The fourth-order valence-electron chi connectivity index (χ4n) is 2.20. The second-order valence-corrected chi connectivity index (χ2v) is 4.66. The Morgan fingerprint density at radius 3 is 2.78 bits per heavy atom. The van der Waals surface area contributed by atoms with Gasteiger partial charge in [0.15, 0.2) is 5.82 Å².